The maximum Gasteiger partial charge on any atom is 0.328 e. The molecule has 0 aliphatic rings. The Hall–Kier alpha value is -2.10. The minimum Gasteiger partial charge on any atom is -0.496 e. The van der Waals surface area contributed by atoms with Crippen LogP contribution in [0.15, 0.2) is 18.2 Å². The van der Waals surface area contributed by atoms with E-state index < -0.39 is 5.97 Å². The molecule has 1 N–H and O–H groups in total. The third-order valence-electron chi connectivity index (χ3n) is 2.87. The van der Waals surface area contributed by atoms with Crippen molar-refractivity contribution in [3.05, 3.63) is 40.5 Å². The number of carbonyl (C=O) groups excluding carboxylic acids is 1. The third kappa shape index (κ3) is 2.77. The van der Waals surface area contributed by atoms with E-state index in [1.54, 1.807) is 13.2 Å². The van der Waals surface area contributed by atoms with Gasteiger partial charge in [0.2, 0.25) is 0 Å². The van der Waals surface area contributed by atoms with Crippen LogP contribution < -0.4 is 4.74 Å². The monoisotopic (exact) mass is 248 g/mol. The Morgan fingerprint density at radius 1 is 1.17 bits per heavy atom. The number of ether oxygens (including phenoxy) is 1. The van der Waals surface area contributed by atoms with Crippen LogP contribution in [0, 0.1) is 20.8 Å². The highest BCUT2D eigenvalue weighted by Gasteiger charge is 2.14. The SMILES string of the molecule is COc1c(C)cc(C(=O)/C=C/C(=O)O)c(C)c1C. The topological polar surface area (TPSA) is 63.6 Å². The number of ketones is 1. The molecule has 96 valence electrons. The van der Waals surface area contributed by atoms with Crippen LogP contribution >= 0.6 is 0 Å². The summed E-state index contributed by atoms with van der Waals surface area (Å²) in [4.78, 5) is 22.3. The van der Waals surface area contributed by atoms with Crippen LogP contribution in [0.2, 0.25) is 0 Å². The maximum atomic E-state index is 11.9. The highest BCUT2D eigenvalue weighted by Crippen LogP contribution is 2.28. The molecule has 18 heavy (non-hydrogen) atoms. The van der Waals surface area contributed by atoms with E-state index in [1.807, 2.05) is 20.8 Å². The quantitative estimate of drug-likeness (QED) is 0.656. The molecule has 0 amide bonds. The minimum atomic E-state index is -1.14. The maximum absolute atomic E-state index is 11.9. The number of benzene rings is 1. The number of hydrogen-bond acceptors (Lipinski definition) is 3. The summed E-state index contributed by atoms with van der Waals surface area (Å²) in [6.07, 6.45) is 1.91. The van der Waals surface area contributed by atoms with Crippen LogP contribution in [-0.2, 0) is 4.79 Å². The van der Waals surface area contributed by atoms with E-state index in [0.29, 0.717) is 5.56 Å². The first-order valence-electron chi connectivity index (χ1n) is 5.48. The summed E-state index contributed by atoms with van der Waals surface area (Å²) in [7, 11) is 1.58. The fourth-order valence-corrected chi connectivity index (χ4v) is 1.87. The smallest absolute Gasteiger partial charge is 0.328 e. The van der Waals surface area contributed by atoms with Crippen molar-refractivity contribution >= 4 is 11.8 Å². The van der Waals surface area contributed by atoms with Crippen molar-refractivity contribution < 1.29 is 19.4 Å². The Bertz CT molecular complexity index is 527. The molecule has 0 aromatic heterocycles. The standard InChI is InChI=1S/C14H16O4/c1-8-7-11(12(15)5-6-13(16)17)9(2)10(3)14(8)18-4/h5-7H,1-4H3,(H,16,17)/b6-5+. The van der Waals surface area contributed by atoms with Gasteiger partial charge in [-0.05, 0) is 49.6 Å². The molecule has 0 aliphatic heterocycles. The van der Waals surface area contributed by atoms with E-state index in [-0.39, 0.29) is 5.78 Å². The molecule has 0 saturated heterocycles. The van der Waals surface area contributed by atoms with Crippen molar-refractivity contribution in [3.8, 4) is 5.75 Å². The van der Waals surface area contributed by atoms with E-state index in [1.165, 1.54) is 0 Å². The van der Waals surface area contributed by atoms with Crippen LogP contribution in [0.3, 0.4) is 0 Å². The van der Waals surface area contributed by atoms with Gasteiger partial charge in [0.1, 0.15) is 5.75 Å². The number of rotatable bonds is 4. The summed E-state index contributed by atoms with van der Waals surface area (Å²) in [5.74, 6) is -0.696. The van der Waals surface area contributed by atoms with Crippen LogP contribution in [0.25, 0.3) is 0 Å². The van der Waals surface area contributed by atoms with Gasteiger partial charge < -0.3 is 9.84 Å². The van der Waals surface area contributed by atoms with E-state index >= 15 is 0 Å². The Morgan fingerprint density at radius 3 is 2.28 bits per heavy atom. The predicted molar refractivity (Wildman–Crippen MR) is 68.3 cm³/mol. The van der Waals surface area contributed by atoms with Crippen molar-refractivity contribution in [2.24, 2.45) is 0 Å². The van der Waals surface area contributed by atoms with Gasteiger partial charge in [0.05, 0.1) is 7.11 Å². The molecule has 4 nitrogen and oxygen atoms in total. The minimum absolute atomic E-state index is 0.316. The fourth-order valence-electron chi connectivity index (χ4n) is 1.87. The van der Waals surface area contributed by atoms with Crippen LogP contribution in [0.4, 0.5) is 0 Å². The van der Waals surface area contributed by atoms with E-state index in [0.717, 1.165) is 34.6 Å². The van der Waals surface area contributed by atoms with Crippen LogP contribution in [0.1, 0.15) is 27.0 Å². The molecule has 0 heterocycles. The lowest BCUT2D eigenvalue weighted by Gasteiger charge is -2.14. The molecule has 0 aliphatic carbocycles. The van der Waals surface area contributed by atoms with E-state index in [9.17, 15) is 9.59 Å². The van der Waals surface area contributed by atoms with Gasteiger partial charge in [-0.1, -0.05) is 0 Å². The lowest BCUT2D eigenvalue weighted by Crippen LogP contribution is -2.04. The Kier molecular flexibility index (Phi) is 4.26. The summed E-state index contributed by atoms with van der Waals surface area (Å²) < 4.78 is 5.27. The molecule has 0 spiro atoms. The van der Waals surface area contributed by atoms with Crippen molar-refractivity contribution in [1.29, 1.82) is 0 Å². The van der Waals surface area contributed by atoms with Crippen LogP contribution in [-0.4, -0.2) is 24.0 Å². The third-order valence-corrected chi connectivity index (χ3v) is 2.87. The zero-order chi connectivity index (χ0) is 13.9. The van der Waals surface area contributed by atoms with Crippen LogP contribution in [0.5, 0.6) is 5.75 Å². The number of methoxy groups -OCH3 is 1. The molecule has 0 bridgehead atoms. The first-order chi connectivity index (χ1) is 8.38. The van der Waals surface area contributed by atoms with Crippen molar-refractivity contribution in [1.82, 2.24) is 0 Å². The lowest BCUT2D eigenvalue weighted by molar-refractivity contribution is -0.131. The Balaban J connectivity index is 3.27. The number of hydrogen-bond donors (Lipinski definition) is 1. The summed E-state index contributed by atoms with van der Waals surface area (Å²) in [5.41, 5.74) is 3.05. The average molecular weight is 248 g/mol. The van der Waals surface area contributed by atoms with Crippen molar-refractivity contribution in [2.45, 2.75) is 20.8 Å². The van der Waals surface area contributed by atoms with Crippen molar-refractivity contribution in [2.75, 3.05) is 7.11 Å². The van der Waals surface area contributed by atoms with Gasteiger partial charge in [-0.2, -0.15) is 0 Å². The molecule has 0 atom stereocenters. The molecule has 0 unspecified atom stereocenters. The van der Waals surface area contributed by atoms with Gasteiger partial charge in [0, 0.05) is 11.6 Å². The highest BCUT2D eigenvalue weighted by atomic mass is 16.5. The molecule has 0 saturated carbocycles. The van der Waals surface area contributed by atoms with Gasteiger partial charge in [-0.25, -0.2) is 4.79 Å². The molecule has 1 rings (SSSR count). The molecular weight excluding hydrogens is 232 g/mol. The summed E-state index contributed by atoms with van der Waals surface area (Å²) in [5, 5.41) is 8.51. The molecule has 0 radical (unpaired) electrons. The summed E-state index contributed by atoms with van der Waals surface area (Å²) in [6, 6.07) is 1.72. The second-order valence-electron chi connectivity index (χ2n) is 4.06. The Labute approximate surface area is 106 Å². The molecule has 1 aromatic carbocycles. The average Bonchev–Trinajstić information content (AvgIpc) is 2.31. The number of aryl methyl sites for hydroxylation is 1. The van der Waals surface area contributed by atoms with Gasteiger partial charge in [-0.15, -0.1) is 0 Å². The van der Waals surface area contributed by atoms with E-state index in [2.05, 4.69) is 0 Å². The van der Waals surface area contributed by atoms with Crippen molar-refractivity contribution in [3.63, 3.8) is 0 Å². The van der Waals surface area contributed by atoms with Gasteiger partial charge in [0.15, 0.2) is 5.78 Å². The number of aliphatic carboxylic acids is 1. The number of carboxylic acids is 1. The van der Waals surface area contributed by atoms with Gasteiger partial charge >= 0.3 is 5.97 Å². The van der Waals surface area contributed by atoms with E-state index in [4.69, 9.17) is 9.84 Å². The highest BCUT2D eigenvalue weighted by molar-refractivity contribution is 6.08. The zero-order valence-electron chi connectivity index (χ0n) is 10.9. The number of allylic oxidation sites excluding steroid dienone is 1. The second kappa shape index (κ2) is 5.49. The number of carbonyl (C=O) groups is 2. The number of carboxylic acid groups (broad SMARTS) is 1. The first-order valence-corrected chi connectivity index (χ1v) is 5.48. The van der Waals surface area contributed by atoms with Gasteiger partial charge in [-0.3, -0.25) is 4.79 Å². The fraction of sp³-hybridized carbons (Fsp3) is 0.286. The second-order valence-corrected chi connectivity index (χ2v) is 4.06. The summed E-state index contributed by atoms with van der Waals surface area (Å²) in [6.45, 7) is 5.54. The first kappa shape index (κ1) is 14.0. The molecular formula is C14H16O4. The lowest BCUT2D eigenvalue weighted by atomic mass is 9.96. The van der Waals surface area contributed by atoms with Gasteiger partial charge in [0.25, 0.3) is 0 Å². The zero-order valence-corrected chi connectivity index (χ0v) is 10.9. The normalized spacial score (nSPS) is 10.7. The largest absolute Gasteiger partial charge is 0.496 e. The molecule has 1 aromatic rings. The summed E-state index contributed by atoms with van der Waals surface area (Å²) >= 11 is 0. The Morgan fingerprint density at radius 2 is 1.78 bits per heavy atom. The predicted octanol–water partition coefficient (Wildman–Crippen LogP) is 2.44. The molecule has 4 heteroatoms. The molecule has 0 fully saturated rings.